The summed E-state index contributed by atoms with van der Waals surface area (Å²) in [6, 6.07) is 51.1. The molecule has 6 aromatic carbocycles. The fourth-order valence-corrected chi connectivity index (χ4v) is 6.16. The van der Waals surface area contributed by atoms with Crippen molar-refractivity contribution in [1.29, 1.82) is 0 Å². The van der Waals surface area contributed by atoms with Crippen molar-refractivity contribution < 1.29 is 8.83 Å². The molecule has 0 aliphatic heterocycles. The average Bonchev–Trinajstić information content (AvgIpc) is 3.74. The second-order valence-corrected chi connectivity index (χ2v) is 11.2. The van der Waals surface area contributed by atoms with Gasteiger partial charge in [-0.1, -0.05) is 115 Å². The number of furan rings is 1. The summed E-state index contributed by atoms with van der Waals surface area (Å²) in [5, 5.41) is 1.95. The summed E-state index contributed by atoms with van der Waals surface area (Å²) in [4.78, 5) is 15.0. The normalized spacial score (nSPS) is 11.5. The van der Waals surface area contributed by atoms with Crippen LogP contribution in [0.5, 0.6) is 0 Å². The fraction of sp³-hybridized carbons (Fsp3) is 0. The van der Waals surface area contributed by atoms with Gasteiger partial charge in [0.1, 0.15) is 16.7 Å². The molecule has 5 heteroatoms. The Hall–Kier alpha value is -6.33. The molecular formula is C41H25N3O2. The summed E-state index contributed by atoms with van der Waals surface area (Å²) in [5.41, 5.74) is 10.7. The molecule has 0 amide bonds. The van der Waals surface area contributed by atoms with E-state index in [2.05, 4.69) is 66.7 Å². The summed E-state index contributed by atoms with van der Waals surface area (Å²) in [5.74, 6) is 1.19. The Bertz CT molecular complexity index is 2500. The van der Waals surface area contributed by atoms with E-state index in [1.165, 1.54) is 0 Å². The van der Waals surface area contributed by atoms with E-state index in [4.69, 9.17) is 23.8 Å². The lowest BCUT2D eigenvalue weighted by molar-refractivity contribution is 0.615. The number of hydrogen-bond acceptors (Lipinski definition) is 5. The molecule has 5 nitrogen and oxygen atoms in total. The molecule has 0 saturated carbocycles. The minimum absolute atomic E-state index is 0.529. The molecule has 9 rings (SSSR count). The molecule has 3 heterocycles. The van der Waals surface area contributed by atoms with Gasteiger partial charge >= 0.3 is 0 Å². The summed E-state index contributed by atoms with van der Waals surface area (Å²) in [6.45, 7) is 0. The third-order valence-electron chi connectivity index (χ3n) is 8.35. The molecule has 0 N–H and O–H groups in total. The van der Waals surface area contributed by atoms with Gasteiger partial charge in [0.15, 0.2) is 11.4 Å². The molecule has 46 heavy (non-hydrogen) atoms. The molecule has 0 aliphatic carbocycles. The van der Waals surface area contributed by atoms with Gasteiger partial charge in [-0.05, 0) is 47.5 Å². The molecule has 0 spiro atoms. The highest BCUT2D eigenvalue weighted by atomic mass is 16.4. The number of aromatic nitrogens is 3. The van der Waals surface area contributed by atoms with Crippen LogP contribution < -0.4 is 0 Å². The molecular weight excluding hydrogens is 566 g/mol. The van der Waals surface area contributed by atoms with E-state index in [0.717, 1.165) is 77.8 Å². The van der Waals surface area contributed by atoms with Crippen molar-refractivity contribution >= 4 is 33.0 Å². The predicted octanol–water partition coefficient (Wildman–Crippen LogP) is 10.9. The minimum atomic E-state index is 0.529. The van der Waals surface area contributed by atoms with Crippen LogP contribution in [0.4, 0.5) is 0 Å². The van der Waals surface area contributed by atoms with Crippen LogP contribution >= 0.6 is 0 Å². The van der Waals surface area contributed by atoms with Crippen molar-refractivity contribution in [3.05, 3.63) is 152 Å². The zero-order chi connectivity index (χ0) is 30.5. The maximum atomic E-state index is 6.55. The Morgan fingerprint density at radius 2 is 1.07 bits per heavy atom. The molecule has 3 aromatic heterocycles. The molecule has 0 fully saturated rings. The first-order chi connectivity index (χ1) is 22.8. The topological polar surface area (TPSA) is 65.0 Å². The minimum Gasteiger partial charge on any atom is -0.455 e. The van der Waals surface area contributed by atoms with E-state index in [0.29, 0.717) is 11.7 Å². The van der Waals surface area contributed by atoms with Gasteiger partial charge in [-0.3, -0.25) is 0 Å². The SMILES string of the molecule is c1ccc(-c2cccc(-c3cc(-c4cccc5oc6c(-c7nc8ccccc8o7)cccc6c45)nc(-c4ccccc4)n3)c2)cc1. The van der Waals surface area contributed by atoms with Crippen molar-refractivity contribution in [1.82, 2.24) is 15.0 Å². The third kappa shape index (κ3) is 4.45. The lowest BCUT2D eigenvalue weighted by Gasteiger charge is -2.11. The zero-order valence-corrected chi connectivity index (χ0v) is 24.6. The lowest BCUT2D eigenvalue weighted by atomic mass is 9.99. The Labute approximate surface area is 264 Å². The largest absolute Gasteiger partial charge is 0.455 e. The van der Waals surface area contributed by atoms with Crippen LogP contribution in [-0.2, 0) is 0 Å². The maximum Gasteiger partial charge on any atom is 0.231 e. The molecule has 0 unspecified atom stereocenters. The zero-order valence-electron chi connectivity index (χ0n) is 24.6. The van der Waals surface area contributed by atoms with Crippen LogP contribution in [0.2, 0.25) is 0 Å². The predicted molar refractivity (Wildman–Crippen MR) is 184 cm³/mol. The molecule has 0 aliphatic rings. The number of oxazole rings is 1. The standard InChI is InChI=1S/C41H25N3O2/c1-3-12-26(13-4-1)28-16-9-17-29(24-28)34-25-35(43-40(42-34)27-14-5-2-6-15-27)30-18-11-23-37-38(30)31-19-10-20-32(39(31)45-37)41-44-33-21-7-8-22-36(33)46-41/h1-25H. The highest BCUT2D eigenvalue weighted by Gasteiger charge is 2.20. The number of hydrogen-bond donors (Lipinski definition) is 0. The highest BCUT2D eigenvalue weighted by molar-refractivity contribution is 6.15. The van der Waals surface area contributed by atoms with Crippen molar-refractivity contribution in [3.8, 4) is 56.5 Å². The molecule has 9 aromatic rings. The lowest BCUT2D eigenvalue weighted by Crippen LogP contribution is -1.96. The van der Waals surface area contributed by atoms with Crippen molar-refractivity contribution in [3.63, 3.8) is 0 Å². The van der Waals surface area contributed by atoms with E-state index < -0.39 is 0 Å². The first-order valence-electron chi connectivity index (χ1n) is 15.2. The van der Waals surface area contributed by atoms with Gasteiger partial charge in [-0.25, -0.2) is 15.0 Å². The van der Waals surface area contributed by atoms with Gasteiger partial charge in [-0.15, -0.1) is 0 Å². The Morgan fingerprint density at radius 3 is 1.91 bits per heavy atom. The van der Waals surface area contributed by atoms with E-state index in [1.54, 1.807) is 0 Å². The molecule has 0 bridgehead atoms. The van der Waals surface area contributed by atoms with E-state index in [-0.39, 0.29) is 0 Å². The molecule has 216 valence electrons. The summed E-state index contributed by atoms with van der Waals surface area (Å²) < 4.78 is 12.7. The maximum absolute atomic E-state index is 6.55. The van der Waals surface area contributed by atoms with E-state index in [9.17, 15) is 0 Å². The summed E-state index contributed by atoms with van der Waals surface area (Å²) in [7, 11) is 0. The average molecular weight is 592 g/mol. The quantitative estimate of drug-likeness (QED) is 0.199. The molecule has 0 saturated heterocycles. The van der Waals surface area contributed by atoms with Crippen molar-refractivity contribution in [2.24, 2.45) is 0 Å². The van der Waals surface area contributed by atoms with Crippen LogP contribution in [0.15, 0.2) is 160 Å². The second-order valence-electron chi connectivity index (χ2n) is 11.2. The van der Waals surface area contributed by atoms with Crippen molar-refractivity contribution in [2.75, 3.05) is 0 Å². The monoisotopic (exact) mass is 591 g/mol. The van der Waals surface area contributed by atoms with Gasteiger partial charge in [-0.2, -0.15) is 0 Å². The molecule has 0 radical (unpaired) electrons. The van der Waals surface area contributed by atoms with Crippen LogP contribution in [-0.4, -0.2) is 15.0 Å². The van der Waals surface area contributed by atoms with Gasteiger partial charge < -0.3 is 8.83 Å². The third-order valence-corrected chi connectivity index (χ3v) is 8.35. The van der Waals surface area contributed by atoms with E-state index in [1.807, 2.05) is 84.9 Å². The van der Waals surface area contributed by atoms with E-state index >= 15 is 0 Å². The summed E-state index contributed by atoms with van der Waals surface area (Å²) >= 11 is 0. The van der Waals surface area contributed by atoms with Crippen molar-refractivity contribution in [2.45, 2.75) is 0 Å². The number of para-hydroxylation sites is 3. The fourth-order valence-electron chi connectivity index (χ4n) is 6.16. The van der Waals surface area contributed by atoms with Gasteiger partial charge in [0.2, 0.25) is 5.89 Å². The number of rotatable bonds is 5. The van der Waals surface area contributed by atoms with Gasteiger partial charge in [0, 0.05) is 27.5 Å². The van der Waals surface area contributed by atoms with Gasteiger partial charge in [0.25, 0.3) is 0 Å². The number of nitrogens with zero attached hydrogens (tertiary/aromatic N) is 3. The van der Waals surface area contributed by atoms with Crippen LogP contribution in [0.3, 0.4) is 0 Å². The van der Waals surface area contributed by atoms with Crippen LogP contribution in [0.1, 0.15) is 0 Å². The Morgan fingerprint density at radius 1 is 0.413 bits per heavy atom. The van der Waals surface area contributed by atoms with Crippen LogP contribution in [0, 0.1) is 0 Å². The first kappa shape index (κ1) is 26.1. The smallest absolute Gasteiger partial charge is 0.231 e. The Kier molecular flexibility index (Phi) is 6.06. The Balaban J connectivity index is 1.25. The second kappa shape index (κ2) is 10.7. The first-order valence-corrected chi connectivity index (χ1v) is 15.2. The summed E-state index contributed by atoms with van der Waals surface area (Å²) in [6.07, 6.45) is 0. The number of benzene rings is 6. The molecule has 0 atom stereocenters. The highest BCUT2D eigenvalue weighted by Crippen LogP contribution is 2.41. The van der Waals surface area contributed by atoms with Crippen LogP contribution in [0.25, 0.3) is 89.5 Å². The van der Waals surface area contributed by atoms with Gasteiger partial charge in [0.05, 0.1) is 17.0 Å². The number of fused-ring (bicyclic) bond motifs is 4.